The summed E-state index contributed by atoms with van der Waals surface area (Å²) in [6.07, 6.45) is 5.02. The molecule has 3 aromatic rings. The molecular weight excluding hydrogens is 330 g/mol. The Kier molecular flexibility index (Phi) is 3.40. The Hall–Kier alpha value is -2.67. The molecule has 2 fully saturated rings. The number of carbonyl (C=O) groups is 1. The molecule has 1 saturated heterocycles. The third-order valence-electron chi connectivity index (χ3n) is 5.59. The molecule has 5 rings (SSSR count). The number of hydrogen-bond donors (Lipinski definition) is 3. The van der Waals surface area contributed by atoms with Crippen molar-refractivity contribution in [1.29, 1.82) is 0 Å². The zero-order valence-corrected chi connectivity index (χ0v) is 14.4. The molecule has 1 aliphatic heterocycles. The van der Waals surface area contributed by atoms with Crippen LogP contribution in [0, 0.1) is 0 Å². The number of benzene rings is 1. The first-order valence-electron chi connectivity index (χ1n) is 9.14. The number of fused-ring (bicyclic) bond motifs is 1. The molecular formula is C19H21N5O2. The van der Waals surface area contributed by atoms with Crippen molar-refractivity contribution in [2.75, 3.05) is 13.1 Å². The molecule has 0 atom stereocenters. The number of nitrogens with zero attached hydrogens (tertiary/aromatic N) is 3. The number of amides is 1. The number of rotatable bonds is 3. The van der Waals surface area contributed by atoms with Crippen molar-refractivity contribution in [3.63, 3.8) is 0 Å². The fourth-order valence-electron chi connectivity index (χ4n) is 3.76. The van der Waals surface area contributed by atoms with Crippen molar-refractivity contribution in [1.82, 2.24) is 25.1 Å². The summed E-state index contributed by atoms with van der Waals surface area (Å²) in [5.74, 6) is 1.59. The Morgan fingerprint density at radius 1 is 1.23 bits per heavy atom. The summed E-state index contributed by atoms with van der Waals surface area (Å²) in [6, 6.07) is 7.45. The number of carbonyl (C=O) groups excluding carboxylic acids is 1. The Morgan fingerprint density at radius 3 is 2.73 bits per heavy atom. The fraction of sp³-hybridized carbons (Fsp3) is 0.421. The van der Waals surface area contributed by atoms with Crippen molar-refractivity contribution < 1.29 is 9.90 Å². The van der Waals surface area contributed by atoms with Gasteiger partial charge in [0.2, 0.25) is 0 Å². The number of nitrogens with one attached hydrogen (secondary N) is 2. The van der Waals surface area contributed by atoms with Crippen molar-refractivity contribution in [3.8, 4) is 0 Å². The van der Waals surface area contributed by atoms with E-state index in [1.807, 2.05) is 23.1 Å². The molecule has 0 bridgehead atoms. The minimum absolute atomic E-state index is 0.00105. The van der Waals surface area contributed by atoms with E-state index in [9.17, 15) is 9.90 Å². The summed E-state index contributed by atoms with van der Waals surface area (Å²) >= 11 is 0. The Balaban J connectivity index is 1.33. The fourth-order valence-corrected chi connectivity index (χ4v) is 3.76. The molecule has 1 amide bonds. The number of aliphatic hydroxyl groups is 1. The van der Waals surface area contributed by atoms with E-state index >= 15 is 0 Å². The molecule has 0 radical (unpaired) electrons. The Bertz CT molecular complexity index is 950. The summed E-state index contributed by atoms with van der Waals surface area (Å²) in [4.78, 5) is 22.7. The van der Waals surface area contributed by atoms with Crippen molar-refractivity contribution >= 4 is 16.9 Å². The van der Waals surface area contributed by atoms with Crippen molar-refractivity contribution in [3.05, 3.63) is 47.5 Å². The number of hydrogen-bond acceptors (Lipinski definition) is 4. The van der Waals surface area contributed by atoms with Gasteiger partial charge in [-0.1, -0.05) is 0 Å². The maximum Gasteiger partial charge on any atom is 0.253 e. The third-order valence-corrected chi connectivity index (χ3v) is 5.59. The van der Waals surface area contributed by atoms with E-state index in [0.717, 1.165) is 22.6 Å². The number of piperidine rings is 1. The lowest BCUT2D eigenvalue weighted by Gasteiger charge is -2.37. The molecule has 2 aromatic heterocycles. The molecule has 3 N–H and O–H groups in total. The first-order valence-corrected chi connectivity index (χ1v) is 9.14. The van der Waals surface area contributed by atoms with Gasteiger partial charge in [-0.05, 0) is 49.9 Å². The van der Waals surface area contributed by atoms with Crippen LogP contribution in [0.3, 0.4) is 0 Å². The van der Waals surface area contributed by atoms with Crippen LogP contribution in [0.5, 0.6) is 0 Å². The van der Waals surface area contributed by atoms with E-state index in [2.05, 4.69) is 20.2 Å². The predicted molar refractivity (Wildman–Crippen MR) is 95.7 cm³/mol. The van der Waals surface area contributed by atoms with Gasteiger partial charge in [-0.3, -0.25) is 9.89 Å². The monoisotopic (exact) mass is 351 g/mol. The van der Waals surface area contributed by atoms with Gasteiger partial charge in [0.25, 0.3) is 5.91 Å². The number of aromatic amines is 2. The highest BCUT2D eigenvalue weighted by Gasteiger charge is 2.36. The molecule has 0 spiro atoms. The minimum atomic E-state index is -0.931. The zero-order chi connectivity index (χ0) is 17.7. The van der Waals surface area contributed by atoms with Crippen LogP contribution in [-0.4, -0.2) is 49.2 Å². The van der Waals surface area contributed by atoms with Crippen LogP contribution >= 0.6 is 0 Å². The summed E-state index contributed by atoms with van der Waals surface area (Å²) in [7, 11) is 0. The van der Waals surface area contributed by atoms with Crippen LogP contribution in [0.2, 0.25) is 0 Å². The third kappa shape index (κ3) is 2.59. The SMILES string of the molecule is O=C(c1ccc2nc(C3CC3)[nH]c2c1)N1CCC(O)(c2ccn[nH]2)CC1. The van der Waals surface area contributed by atoms with Gasteiger partial charge in [0.05, 0.1) is 16.7 Å². The molecule has 1 aliphatic carbocycles. The Morgan fingerprint density at radius 2 is 2.04 bits per heavy atom. The largest absolute Gasteiger partial charge is 0.383 e. The van der Waals surface area contributed by atoms with Crippen molar-refractivity contribution in [2.45, 2.75) is 37.2 Å². The zero-order valence-electron chi connectivity index (χ0n) is 14.4. The van der Waals surface area contributed by atoms with E-state index in [1.54, 1.807) is 12.3 Å². The summed E-state index contributed by atoms with van der Waals surface area (Å²) in [5.41, 5.74) is 2.28. The van der Waals surface area contributed by atoms with Crippen LogP contribution in [0.4, 0.5) is 0 Å². The van der Waals surface area contributed by atoms with E-state index < -0.39 is 5.60 Å². The summed E-state index contributed by atoms with van der Waals surface area (Å²) in [5, 5.41) is 17.5. The lowest BCUT2D eigenvalue weighted by Crippen LogP contribution is -2.45. The minimum Gasteiger partial charge on any atom is -0.383 e. The highest BCUT2D eigenvalue weighted by molar-refractivity contribution is 5.97. The van der Waals surface area contributed by atoms with Crippen LogP contribution in [0.25, 0.3) is 11.0 Å². The smallest absolute Gasteiger partial charge is 0.253 e. The van der Waals surface area contributed by atoms with Gasteiger partial charge in [-0.2, -0.15) is 5.10 Å². The van der Waals surface area contributed by atoms with E-state index in [0.29, 0.717) is 37.4 Å². The highest BCUT2D eigenvalue weighted by Crippen LogP contribution is 2.39. The van der Waals surface area contributed by atoms with E-state index in [-0.39, 0.29) is 5.91 Å². The van der Waals surface area contributed by atoms with Crippen LogP contribution in [-0.2, 0) is 5.60 Å². The Labute approximate surface area is 150 Å². The molecule has 3 heterocycles. The van der Waals surface area contributed by atoms with Crippen LogP contribution in [0.1, 0.15) is 53.5 Å². The lowest BCUT2D eigenvalue weighted by molar-refractivity contribution is -0.0244. The van der Waals surface area contributed by atoms with Gasteiger partial charge in [0, 0.05) is 30.8 Å². The first-order chi connectivity index (χ1) is 12.6. The van der Waals surface area contributed by atoms with Gasteiger partial charge < -0.3 is 15.0 Å². The quantitative estimate of drug-likeness (QED) is 0.674. The molecule has 2 aliphatic rings. The molecule has 7 nitrogen and oxygen atoms in total. The number of imidazole rings is 1. The summed E-state index contributed by atoms with van der Waals surface area (Å²) in [6.45, 7) is 1.03. The van der Waals surface area contributed by atoms with Crippen LogP contribution < -0.4 is 0 Å². The average molecular weight is 351 g/mol. The second-order valence-electron chi connectivity index (χ2n) is 7.42. The molecule has 1 saturated carbocycles. The van der Waals surface area contributed by atoms with Crippen molar-refractivity contribution in [2.24, 2.45) is 0 Å². The van der Waals surface area contributed by atoms with Crippen LogP contribution in [0.15, 0.2) is 30.5 Å². The molecule has 1 aromatic carbocycles. The standard InChI is InChI=1S/C19H21N5O2/c25-18(24-9-6-19(26,7-10-24)16-5-8-20-23-16)13-3-4-14-15(11-13)22-17(21-14)12-1-2-12/h3-5,8,11-12,26H,1-2,6-7,9-10H2,(H,20,23)(H,21,22). The number of likely N-dealkylation sites (tertiary alicyclic amines) is 1. The predicted octanol–water partition coefficient (Wildman–Crippen LogP) is 2.29. The number of aromatic nitrogens is 4. The van der Waals surface area contributed by atoms with E-state index in [1.165, 1.54) is 12.8 Å². The second-order valence-corrected chi connectivity index (χ2v) is 7.42. The maximum atomic E-state index is 12.9. The topological polar surface area (TPSA) is 97.9 Å². The van der Waals surface area contributed by atoms with Gasteiger partial charge in [-0.15, -0.1) is 0 Å². The van der Waals surface area contributed by atoms with Gasteiger partial charge in [0.15, 0.2) is 0 Å². The second kappa shape index (κ2) is 5.67. The molecule has 7 heteroatoms. The summed E-state index contributed by atoms with van der Waals surface area (Å²) < 4.78 is 0. The molecule has 26 heavy (non-hydrogen) atoms. The highest BCUT2D eigenvalue weighted by atomic mass is 16.3. The number of H-pyrrole nitrogens is 2. The van der Waals surface area contributed by atoms with E-state index in [4.69, 9.17) is 0 Å². The van der Waals surface area contributed by atoms with Gasteiger partial charge in [0.1, 0.15) is 11.4 Å². The molecule has 0 unspecified atom stereocenters. The normalized spacial score (nSPS) is 19.8. The maximum absolute atomic E-state index is 12.9. The lowest BCUT2D eigenvalue weighted by atomic mass is 9.88. The van der Waals surface area contributed by atoms with Gasteiger partial charge in [-0.25, -0.2) is 4.98 Å². The first kappa shape index (κ1) is 15.6. The molecule has 134 valence electrons. The van der Waals surface area contributed by atoms with Gasteiger partial charge >= 0.3 is 0 Å². The average Bonchev–Trinajstić information content (AvgIpc) is 3.19.